The molecular weight excluding hydrogens is 416 g/mol. The maximum atomic E-state index is 12.2. The molecular formula is C28H46O5. The number of carbonyl (C=O) groups is 1. The fourth-order valence-electron chi connectivity index (χ4n) is 9.33. The van der Waals surface area contributed by atoms with E-state index in [1.54, 1.807) is 0 Å². The summed E-state index contributed by atoms with van der Waals surface area (Å²) in [5.74, 6) is 2.68. The smallest absolute Gasteiger partial charge is 0.306 e. The van der Waals surface area contributed by atoms with E-state index in [0.717, 1.165) is 64.2 Å². The first-order valence-corrected chi connectivity index (χ1v) is 13.8. The van der Waals surface area contributed by atoms with Gasteiger partial charge >= 0.3 is 5.97 Å². The van der Waals surface area contributed by atoms with Crippen LogP contribution in [0, 0.1) is 46.3 Å². The van der Waals surface area contributed by atoms with Gasteiger partial charge in [-0.05, 0) is 111 Å². The number of hydrogen-bond acceptors (Lipinski definition) is 5. The summed E-state index contributed by atoms with van der Waals surface area (Å²) in [7, 11) is 1.87. The Morgan fingerprint density at radius 2 is 1.79 bits per heavy atom. The predicted molar refractivity (Wildman–Crippen MR) is 126 cm³/mol. The highest BCUT2D eigenvalue weighted by Crippen LogP contribution is 2.68. The van der Waals surface area contributed by atoms with Crippen LogP contribution in [0.3, 0.4) is 0 Å². The van der Waals surface area contributed by atoms with E-state index in [4.69, 9.17) is 9.47 Å². The Morgan fingerprint density at radius 3 is 2.48 bits per heavy atom. The molecule has 5 heteroatoms. The monoisotopic (exact) mass is 462 g/mol. The summed E-state index contributed by atoms with van der Waals surface area (Å²) < 4.78 is 11.6. The molecule has 0 bridgehead atoms. The van der Waals surface area contributed by atoms with Gasteiger partial charge in [0.25, 0.3) is 0 Å². The molecule has 0 spiro atoms. The third-order valence-corrected chi connectivity index (χ3v) is 11.4. The highest BCUT2D eigenvalue weighted by Gasteiger charge is 2.66. The number of aliphatic hydroxyl groups excluding tert-OH is 2. The van der Waals surface area contributed by atoms with Gasteiger partial charge < -0.3 is 19.7 Å². The normalized spacial score (nSPS) is 50.1. The molecule has 0 unspecified atom stereocenters. The lowest BCUT2D eigenvalue weighted by Crippen LogP contribution is -2.62. The fourth-order valence-corrected chi connectivity index (χ4v) is 9.33. The summed E-state index contributed by atoms with van der Waals surface area (Å²) in [6.07, 6.45) is 10.3. The second-order valence-corrected chi connectivity index (χ2v) is 12.9. The second kappa shape index (κ2) is 8.78. The van der Waals surface area contributed by atoms with Crippen LogP contribution in [0.2, 0.25) is 0 Å². The van der Waals surface area contributed by atoms with Gasteiger partial charge in [-0.2, -0.15) is 0 Å². The van der Waals surface area contributed by atoms with Crippen molar-refractivity contribution in [1.29, 1.82) is 0 Å². The molecule has 0 aromatic carbocycles. The van der Waals surface area contributed by atoms with E-state index in [1.807, 2.05) is 7.11 Å². The van der Waals surface area contributed by atoms with E-state index in [1.165, 1.54) is 0 Å². The zero-order valence-electron chi connectivity index (χ0n) is 21.2. The van der Waals surface area contributed by atoms with Crippen LogP contribution in [0.15, 0.2) is 0 Å². The van der Waals surface area contributed by atoms with Gasteiger partial charge in [0, 0.05) is 13.5 Å². The van der Waals surface area contributed by atoms with Crippen molar-refractivity contribution < 1.29 is 24.5 Å². The van der Waals surface area contributed by atoms with Crippen LogP contribution in [-0.2, 0) is 14.3 Å². The molecule has 0 saturated heterocycles. The summed E-state index contributed by atoms with van der Waals surface area (Å²) in [5.41, 5.74) is 0.0760. The molecule has 5 saturated carbocycles. The van der Waals surface area contributed by atoms with Crippen molar-refractivity contribution in [2.45, 2.75) is 116 Å². The molecule has 11 atom stereocenters. The Morgan fingerprint density at radius 1 is 1.03 bits per heavy atom. The predicted octanol–water partition coefficient (Wildman–Crippen LogP) is 4.72. The summed E-state index contributed by atoms with van der Waals surface area (Å²) in [6.45, 7) is 7.08. The van der Waals surface area contributed by atoms with Crippen LogP contribution in [0.25, 0.3) is 0 Å². The molecule has 0 aromatic rings. The summed E-state index contributed by atoms with van der Waals surface area (Å²) in [4.78, 5) is 12.2. The van der Waals surface area contributed by atoms with E-state index in [2.05, 4.69) is 20.8 Å². The molecule has 0 aliphatic heterocycles. The van der Waals surface area contributed by atoms with Gasteiger partial charge in [0.05, 0.1) is 18.3 Å². The number of fused-ring (bicyclic) bond motifs is 5. The number of rotatable bonds is 6. The lowest BCUT2D eigenvalue weighted by Gasteiger charge is -2.64. The van der Waals surface area contributed by atoms with Crippen molar-refractivity contribution in [2.24, 2.45) is 46.3 Å². The summed E-state index contributed by atoms with van der Waals surface area (Å²) >= 11 is 0. The number of esters is 1. The first-order valence-electron chi connectivity index (χ1n) is 13.8. The van der Waals surface area contributed by atoms with E-state index < -0.39 is 0 Å². The molecule has 5 aliphatic carbocycles. The molecule has 0 radical (unpaired) electrons. The minimum atomic E-state index is -0.308. The summed E-state index contributed by atoms with van der Waals surface area (Å²) in [5, 5.41) is 22.1. The van der Waals surface area contributed by atoms with Gasteiger partial charge in [0.15, 0.2) is 0 Å². The van der Waals surface area contributed by atoms with E-state index in [0.29, 0.717) is 41.9 Å². The average Bonchev–Trinajstić information content (AvgIpc) is 3.52. The molecule has 0 heterocycles. The third-order valence-electron chi connectivity index (χ3n) is 11.4. The summed E-state index contributed by atoms with van der Waals surface area (Å²) in [6, 6.07) is 0. The van der Waals surface area contributed by atoms with Crippen LogP contribution in [0.1, 0.15) is 91.4 Å². The van der Waals surface area contributed by atoms with E-state index in [-0.39, 0.29) is 41.2 Å². The van der Waals surface area contributed by atoms with E-state index >= 15 is 0 Å². The maximum Gasteiger partial charge on any atom is 0.306 e. The molecule has 0 amide bonds. The first kappa shape index (κ1) is 24.1. The van der Waals surface area contributed by atoms with Crippen LogP contribution < -0.4 is 0 Å². The van der Waals surface area contributed by atoms with E-state index in [9.17, 15) is 15.0 Å². The quantitative estimate of drug-likeness (QED) is 0.559. The van der Waals surface area contributed by atoms with Crippen LogP contribution in [0.4, 0.5) is 0 Å². The Kier molecular flexibility index (Phi) is 6.40. The lowest BCUT2D eigenvalue weighted by atomic mass is 9.43. The second-order valence-electron chi connectivity index (χ2n) is 12.9. The number of methoxy groups -OCH3 is 1. The average molecular weight is 463 g/mol. The number of carbonyl (C=O) groups excluding carboxylic acids is 1. The van der Waals surface area contributed by atoms with Crippen molar-refractivity contribution in [3.63, 3.8) is 0 Å². The molecule has 33 heavy (non-hydrogen) atoms. The van der Waals surface area contributed by atoms with Crippen molar-refractivity contribution in [1.82, 2.24) is 0 Å². The highest BCUT2D eigenvalue weighted by atomic mass is 16.5. The van der Waals surface area contributed by atoms with Crippen LogP contribution >= 0.6 is 0 Å². The van der Waals surface area contributed by atoms with Crippen LogP contribution in [0.5, 0.6) is 0 Å². The minimum absolute atomic E-state index is 0.0431. The SMILES string of the molecule is CO[C@@H]1C[C@@H]2C[C@H](O)CC[C@]2(C)[C@H]2C[C@H](O)[C@]3(C)[C@@H]([C@H](C)CCC(=O)OC4CC4)CC[C@H]3[C@H]12. The van der Waals surface area contributed by atoms with Crippen LogP contribution in [-0.4, -0.2) is 47.7 Å². The lowest BCUT2D eigenvalue weighted by molar-refractivity contribution is -0.212. The maximum absolute atomic E-state index is 12.2. The molecule has 188 valence electrons. The van der Waals surface area contributed by atoms with Gasteiger partial charge in [-0.15, -0.1) is 0 Å². The molecule has 2 N–H and O–H groups in total. The Balaban J connectivity index is 1.35. The minimum Gasteiger partial charge on any atom is -0.462 e. The zero-order valence-corrected chi connectivity index (χ0v) is 21.2. The number of hydrogen-bond donors (Lipinski definition) is 2. The van der Waals surface area contributed by atoms with Crippen molar-refractivity contribution in [3.8, 4) is 0 Å². The first-order chi connectivity index (χ1) is 15.7. The van der Waals surface area contributed by atoms with Gasteiger partial charge in [-0.1, -0.05) is 20.8 Å². The van der Waals surface area contributed by atoms with Crippen molar-refractivity contribution >= 4 is 5.97 Å². The van der Waals surface area contributed by atoms with Gasteiger partial charge in [-0.3, -0.25) is 4.79 Å². The number of aliphatic hydroxyl groups is 2. The van der Waals surface area contributed by atoms with Gasteiger partial charge in [0.2, 0.25) is 0 Å². The zero-order chi connectivity index (χ0) is 23.5. The standard InChI is InChI=1S/C28H46O5/c1-16(5-10-25(31)33-19-6-7-19)20-8-9-21-26-22(15-24(30)28(20,21)3)27(2)12-11-18(29)13-17(27)14-23(26)32-4/h16-24,26,29-30H,5-15H2,1-4H3/t16-,17+,18-,20-,21+,22+,23-,24+,26+,27+,28-/m1/s1. The number of ether oxygens (including phenoxy) is 2. The molecule has 0 aromatic heterocycles. The Hall–Kier alpha value is -0.650. The van der Waals surface area contributed by atoms with Gasteiger partial charge in [-0.25, -0.2) is 0 Å². The Labute approximate surface area is 200 Å². The van der Waals surface area contributed by atoms with Crippen molar-refractivity contribution in [2.75, 3.05) is 7.11 Å². The highest BCUT2D eigenvalue weighted by molar-refractivity contribution is 5.69. The molecule has 5 aliphatic rings. The molecule has 5 rings (SSSR count). The largest absolute Gasteiger partial charge is 0.462 e. The topological polar surface area (TPSA) is 76.0 Å². The third kappa shape index (κ3) is 3.98. The fraction of sp³-hybridized carbons (Fsp3) is 0.964. The van der Waals surface area contributed by atoms with Gasteiger partial charge in [0.1, 0.15) is 6.10 Å². The molecule has 5 fully saturated rings. The molecule has 5 nitrogen and oxygen atoms in total. The van der Waals surface area contributed by atoms with Crippen molar-refractivity contribution in [3.05, 3.63) is 0 Å². The Bertz CT molecular complexity index is 736.